The Morgan fingerprint density at radius 2 is 1.50 bits per heavy atom. The Bertz CT molecular complexity index is 480. The summed E-state index contributed by atoms with van der Waals surface area (Å²) in [5.74, 6) is 1.04. The van der Waals surface area contributed by atoms with E-state index in [1.807, 2.05) is 28.2 Å². The molecule has 0 amide bonds. The molecule has 0 radical (unpaired) electrons. The predicted molar refractivity (Wildman–Crippen MR) is 102 cm³/mol. The van der Waals surface area contributed by atoms with E-state index in [2.05, 4.69) is 49.9 Å². The van der Waals surface area contributed by atoms with E-state index >= 15 is 0 Å². The molecule has 0 aromatic heterocycles. The Hall–Kier alpha value is -1.59. The molecular formula is C19H33N5. The van der Waals surface area contributed by atoms with Crippen LogP contribution in [0.1, 0.15) is 12.0 Å². The number of nitrogens with zero attached hydrogens (tertiary/aromatic N) is 5. The van der Waals surface area contributed by atoms with Gasteiger partial charge in [0.15, 0.2) is 5.96 Å². The molecule has 0 N–H and O–H groups in total. The number of guanidine groups is 1. The molecule has 0 spiro atoms. The molecule has 1 heterocycles. The number of aliphatic imine (C=N–C) groups is 1. The maximum absolute atomic E-state index is 4.71. The Kier molecular flexibility index (Phi) is 7.53. The molecule has 0 atom stereocenters. The van der Waals surface area contributed by atoms with Crippen LogP contribution in [0.5, 0.6) is 0 Å². The highest BCUT2D eigenvalue weighted by Gasteiger charge is 2.16. The summed E-state index contributed by atoms with van der Waals surface area (Å²) in [5.41, 5.74) is 1.42. The monoisotopic (exact) mass is 331 g/mol. The topological polar surface area (TPSA) is 25.3 Å². The predicted octanol–water partition coefficient (Wildman–Crippen LogP) is 1.67. The summed E-state index contributed by atoms with van der Waals surface area (Å²) in [5, 5.41) is 0. The number of benzene rings is 1. The van der Waals surface area contributed by atoms with Crippen LogP contribution in [0.3, 0.4) is 0 Å². The second-order valence-electron chi connectivity index (χ2n) is 6.93. The first-order valence-electron chi connectivity index (χ1n) is 8.94. The first kappa shape index (κ1) is 18.7. The molecule has 1 aromatic rings. The summed E-state index contributed by atoms with van der Waals surface area (Å²) in [4.78, 5) is 14.0. The molecule has 1 saturated heterocycles. The molecule has 0 unspecified atom stereocenters. The molecule has 0 bridgehead atoms. The lowest BCUT2D eigenvalue weighted by Crippen LogP contribution is -2.46. The zero-order chi connectivity index (χ0) is 17.4. The molecule has 1 fully saturated rings. The van der Waals surface area contributed by atoms with Crippen LogP contribution in [0.2, 0.25) is 0 Å². The van der Waals surface area contributed by atoms with Crippen molar-refractivity contribution < 1.29 is 0 Å². The lowest BCUT2D eigenvalue weighted by molar-refractivity contribution is 0.127. The first-order valence-corrected chi connectivity index (χ1v) is 8.94. The first-order chi connectivity index (χ1) is 11.6. The Balaban J connectivity index is 1.65. The van der Waals surface area contributed by atoms with Gasteiger partial charge in [0.05, 0.1) is 0 Å². The van der Waals surface area contributed by atoms with Crippen molar-refractivity contribution in [1.82, 2.24) is 19.6 Å². The third kappa shape index (κ3) is 6.13. The second kappa shape index (κ2) is 9.64. The van der Waals surface area contributed by atoms with Crippen molar-refractivity contribution in [3.63, 3.8) is 0 Å². The van der Waals surface area contributed by atoms with Crippen LogP contribution in [0.25, 0.3) is 0 Å². The largest absolute Gasteiger partial charge is 0.349 e. The van der Waals surface area contributed by atoms with E-state index in [1.54, 1.807) is 0 Å². The van der Waals surface area contributed by atoms with E-state index < -0.39 is 0 Å². The van der Waals surface area contributed by atoms with Gasteiger partial charge in [-0.3, -0.25) is 9.89 Å². The van der Waals surface area contributed by atoms with Crippen LogP contribution < -0.4 is 0 Å². The Morgan fingerprint density at radius 1 is 0.917 bits per heavy atom. The summed E-state index contributed by atoms with van der Waals surface area (Å²) >= 11 is 0. The summed E-state index contributed by atoms with van der Waals surface area (Å²) in [6.07, 6.45) is 1.13. The van der Waals surface area contributed by atoms with Crippen LogP contribution >= 0.6 is 0 Å². The molecule has 5 nitrogen and oxygen atoms in total. The fraction of sp³-hybridized carbons (Fsp3) is 0.632. The average Bonchev–Trinajstić information content (AvgIpc) is 2.56. The van der Waals surface area contributed by atoms with E-state index in [4.69, 9.17) is 4.99 Å². The van der Waals surface area contributed by atoms with Gasteiger partial charge in [-0.1, -0.05) is 30.3 Å². The molecule has 1 aliphatic heterocycles. The van der Waals surface area contributed by atoms with E-state index in [0.717, 1.165) is 32.0 Å². The van der Waals surface area contributed by atoms with Crippen molar-refractivity contribution in [2.24, 2.45) is 4.99 Å². The van der Waals surface area contributed by atoms with Gasteiger partial charge in [0.2, 0.25) is 0 Å². The van der Waals surface area contributed by atoms with Crippen LogP contribution in [0, 0.1) is 0 Å². The highest BCUT2D eigenvalue weighted by atomic mass is 15.3. The maximum Gasteiger partial charge on any atom is 0.195 e. The SMILES string of the molecule is CN(C)C(=NCCCN1CCN(Cc2ccccc2)CC1)N(C)C. The molecule has 0 saturated carbocycles. The minimum absolute atomic E-state index is 0.899. The van der Waals surface area contributed by atoms with E-state index in [1.165, 1.54) is 31.7 Å². The van der Waals surface area contributed by atoms with Crippen molar-refractivity contribution in [1.29, 1.82) is 0 Å². The lowest BCUT2D eigenvalue weighted by Gasteiger charge is -2.34. The van der Waals surface area contributed by atoms with E-state index in [9.17, 15) is 0 Å². The molecule has 1 aromatic carbocycles. The Labute approximate surface area is 147 Å². The quantitative estimate of drug-likeness (QED) is 0.450. The number of piperazine rings is 1. The van der Waals surface area contributed by atoms with Gasteiger partial charge in [-0.25, -0.2) is 0 Å². The van der Waals surface area contributed by atoms with Gasteiger partial charge in [-0.05, 0) is 12.0 Å². The molecule has 1 aliphatic rings. The maximum atomic E-state index is 4.71. The third-order valence-corrected chi connectivity index (χ3v) is 4.40. The van der Waals surface area contributed by atoms with E-state index in [0.29, 0.717) is 0 Å². The van der Waals surface area contributed by atoms with E-state index in [-0.39, 0.29) is 0 Å². The fourth-order valence-corrected chi connectivity index (χ4v) is 3.17. The standard InChI is InChI=1S/C19H33N5/c1-21(2)19(22(3)4)20-11-8-12-23-13-15-24(16-14-23)17-18-9-6-5-7-10-18/h5-7,9-10H,8,11-17H2,1-4H3. The molecule has 134 valence electrons. The fourth-order valence-electron chi connectivity index (χ4n) is 3.17. The molecule has 2 rings (SSSR count). The highest BCUT2D eigenvalue weighted by molar-refractivity contribution is 5.79. The highest BCUT2D eigenvalue weighted by Crippen LogP contribution is 2.08. The Morgan fingerprint density at radius 3 is 2.08 bits per heavy atom. The summed E-state index contributed by atoms with van der Waals surface area (Å²) in [6.45, 7) is 7.80. The van der Waals surface area contributed by atoms with Crippen LogP contribution in [-0.2, 0) is 6.54 Å². The lowest BCUT2D eigenvalue weighted by atomic mass is 10.2. The second-order valence-corrected chi connectivity index (χ2v) is 6.93. The third-order valence-electron chi connectivity index (χ3n) is 4.40. The summed E-state index contributed by atoms with van der Waals surface area (Å²) < 4.78 is 0. The van der Waals surface area contributed by atoms with Crippen LogP contribution in [-0.4, -0.2) is 93.0 Å². The number of hydrogen-bond acceptors (Lipinski definition) is 3. The van der Waals surface area contributed by atoms with Gasteiger partial charge in [0, 0.05) is 74.0 Å². The van der Waals surface area contributed by atoms with Gasteiger partial charge >= 0.3 is 0 Å². The minimum atomic E-state index is 0.899. The van der Waals surface area contributed by atoms with Gasteiger partial charge in [0.1, 0.15) is 0 Å². The molecule has 0 aliphatic carbocycles. The van der Waals surface area contributed by atoms with Crippen molar-refractivity contribution in [3.05, 3.63) is 35.9 Å². The van der Waals surface area contributed by atoms with Crippen LogP contribution in [0.15, 0.2) is 35.3 Å². The number of hydrogen-bond donors (Lipinski definition) is 0. The average molecular weight is 332 g/mol. The molecule has 5 heteroatoms. The number of rotatable bonds is 6. The van der Waals surface area contributed by atoms with Crippen molar-refractivity contribution in [3.8, 4) is 0 Å². The van der Waals surface area contributed by atoms with Crippen molar-refractivity contribution in [2.45, 2.75) is 13.0 Å². The van der Waals surface area contributed by atoms with Gasteiger partial charge in [-0.2, -0.15) is 0 Å². The molecule has 24 heavy (non-hydrogen) atoms. The van der Waals surface area contributed by atoms with Gasteiger partial charge in [0.25, 0.3) is 0 Å². The van der Waals surface area contributed by atoms with Gasteiger partial charge in [-0.15, -0.1) is 0 Å². The molecular weight excluding hydrogens is 298 g/mol. The smallest absolute Gasteiger partial charge is 0.195 e. The normalized spacial score (nSPS) is 16.0. The summed E-state index contributed by atoms with van der Waals surface area (Å²) in [6, 6.07) is 10.8. The zero-order valence-corrected chi connectivity index (χ0v) is 15.8. The zero-order valence-electron chi connectivity index (χ0n) is 15.8. The van der Waals surface area contributed by atoms with Gasteiger partial charge < -0.3 is 14.7 Å². The van der Waals surface area contributed by atoms with Crippen molar-refractivity contribution in [2.75, 3.05) is 67.5 Å². The van der Waals surface area contributed by atoms with Crippen molar-refractivity contribution >= 4 is 5.96 Å². The minimum Gasteiger partial charge on any atom is -0.349 e. The summed E-state index contributed by atoms with van der Waals surface area (Å²) in [7, 11) is 8.19. The van der Waals surface area contributed by atoms with Crippen LogP contribution in [0.4, 0.5) is 0 Å².